The predicted octanol–water partition coefficient (Wildman–Crippen LogP) is 2.15. The lowest BCUT2D eigenvalue weighted by molar-refractivity contribution is -0.913. The molecule has 0 bridgehead atoms. The van der Waals surface area contributed by atoms with E-state index >= 15 is 0 Å². The van der Waals surface area contributed by atoms with Crippen LogP contribution in [0.25, 0.3) is 0 Å². The van der Waals surface area contributed by atoms with Crippen LogP contribution < -0.4 is 0 Å². The number of hydrogen-bond acceptors (Lipinski definition) is 2. The lowest BCUT2D eigenvalue weighted by atomic mass is 9.74. The van der Waals surface area contributed by atoms with Crippen LogP contribution in [0.2, 0.25) is 0 Å². The summed E-state index contributed by atoms with van der Waals surface area (Å²) in [6, 6.07) is 0.194. The monoisotopic (exact) mass is 262 g/mol. The third kappa shape index (κ3) is 1.62. The summed E-state index contributed by atoms with van der Waals surface area (Å²) in [5.41, 5.74) is 2.61. The number of rotatable bonds is 0. The van der Waals surface area contributed by atoms with Gasteiger partial charge in [-0.15, -0.1) is 0 Å². The first-order valence-corrected chi connectivity index (χ1v) is 7.79. The molecule has 4 heterocycles. The molecule has 4 rings (SSSR count). The van der Waals surface area contributed by atoms with Crippen LogP contribution in [-0.4, -0.2) is 41.1 Å². The number of amides is 1. The summed E-state index contributed by atoms with van der Waals surface area (Å²) in [7, 11) is 0. The number of hydrogen-bond donors (Lipinski definition) is 0. The van der Waals surface area contributed by atoms with E-state index in [4.69, 9.17) is 0 Å². The van der Waals surface area contributed by atoms with Crippen molar-refractivity contribution in [3.8, 4) is 0 Å². The van der Waals surface area contributed by atoms with Crippen molar-refractivity contribution >= 4 is 5.91 Å². The molecule has 4 aliphatic rings. The summed E-state index contributed by atoms with van der Waals surface area (Å²) in [5, 5.41) is 13.1. The van der Waals surface area contributed by atoms with Crippen LogP contribution in [0.15, 0.2) is 11.3 Å². The van der Waals surface area contributed by atoms with E-state index in [-0.39, 0.29) is 10.7 Å². The zero-order chi connectivity index (χ0) is 13.0. The van der Waals surface area contributed by atoms with E-state index in [1.807, 2.05) is 4.90 Å². The molecule has 0 aromatic rings. The minimum atomic E-state index is 0.0194. The van der Waals surface area contributed by atoms with E-state index < -0.39 is 0 Å². The topological polar surface area (TPSA) is 43.4 Å². The van der Waals surface area contributed by atoms with E-state index in [0.29, 0.717) is 18.2 Å². The fourth-order valence-corrected chi connectivity index (χ4v) is 4.92. The molecule has 1 amide bonds. The average molecular weight is 262 g/mol. The fraction of sp³-hybridized carbons (Fsp3) is 0.800. The Bertz CT molecular complexity index is 455. The number of carbonyl (C=O) groups excluding carboxylic acids is 1. The summed E-state index contributed by atoms with van der Waals surface area (Å²) in [6.45, 7) is 2.42. The molecule has 4 nitrogen and oxygen atoms in total. The molecule has 4 heteroatoms. The van der Waals surface area contributed by atoms with Gasteiger partial charge in [-0.3, -0.25) is 4.79 Å². The van der Waals surface area contributed by atoms with Gasteiger partial charge in [-0.1, -0.05) is 0 Å². The molecule has 0 aliphatic carbocycles. The highest BCUT2D eigenvalue weighted by atomic mass is 16.5. The first-order chi connectivity index (χ1) is 9.19. The van der Waals surface area contributed by atoms with Crippen molar-refractivity contribution < 1.29 is 9.44 Å². The maximum atomic E-state index is 13.1. The standard InChI is InChI=1S/C15H22N2O2/c18-14-7-1-6-13-12-5-3-9-17(19)8-2-4-11(15(12)17)10-16(13)14/h11,15H,1-10H2. The second-order valence-electron chi connectivity index (χ2n) is 6.68. The highest BCUT2D eigenvalue weighted by Gasteiger charge is 2.49. The molecule has 3 unspecified atom stereocenters. The number of piperidine rings is 3. The van der Waals surface area contributed by atoms with Gasteiger partial charge >= 0.3 is 0 Å². The summed E-state index contributed by atoms with van der Waals surface area (Å²) >= 11 is 0. The number of allylic oxidation sites excluding steroid dienone is 1. The molecule has 0 N–H and O–H groups in total. The molecule has 3 saturated heterocycles. The quantitative estimate of drug-likeness (QED) is 0.496. The van der Waals surface area contributed by atoms with Crippen LogP contribution in [-0.2, 0) is 4.79 Å². The molecule has 0 aromatic heterocycles. The van der Waals surface area contributed by atoms with Crippen molar-refractivity contribution in [3.63, 3.8) is 0 Å². The minimum Gasteiger partial charge on any atom is -0.632 e. The SMILES string of the molecule is O=C1CCCC2=C3CCC[N+]4([O-])CCCC(CN12)C34. The second-order valence-corrected chi connectivity index (χ2v) is 6.68. The van der Waals surface area contributed by atoms with Crippen molar-refractivity contribution in [1.29, 1.82) is 0 Å². The molecule has 3 fully saturated rings. The van der Waals surface area contributed by atoms with Gasteiger partial charge in [0.2, 0.25) is 5.91 Å². The molecule has 0 radical (unpaired) electrons. The van der Waals surface area contributed by atoms with Gasteiger partial charge in [-0.25, -0.2) is 0 Å². The van der Waals surface area contributed by atoms with Crippen molar-refractivity contribution in [2.45, 2.75) is 51.0 Å². The fourth-order valence-electron chi connectivity index (χ4n) is 4.92. The van der Waals surface area contributed by atoms with E-state index in [1.165, 1.54) is 11.3 Å². The Morgan fingerprint density at radius 3 is 2.84 bits per heavy atom. The van der Waals surface area contributed by atoms with E-state index in [1.54, 1.807) is 0 Å². The Hall–Kier alpha value is -0.870. The molecule has 0 aromatic carbocycles. The third-order valence-electron chi connectivity index (χ3n) is 5.62. The van der Waals surface area contributed by atoms with Gasteiger partial charge in [0.05, 0.1) is 13.1 Å². The predicted molar refractivity (Wildman–Crippen MR) is 71.7 cm³/mol. The zero-order valence-corrected chi connectivity index (χ0v) is 11.4. The Balaban J connectivity index is 1.81. The highest BCUT2D eigenvalue weighted by molar-refractivity contribution is 5.79. The van der Waals surface area contributed by atoms with Gasteiger partial charge in [0, 0.05) is 36.6 Å². The number of nitrogens with zero attached hydrogens (tertiary/aromatic N) is 2. The Morgan fingerprint density at radius 1 is 1.11 bits per heavy atom. The maximum absolute atomic E-state index is 13.1. The molecular formula is C15H22N2O2. The van der Waals surface area contributed by atoms with Gasteiger partial charge in [0.25, 0.3) is 0 Å². The lowest BCUT2D eigenvalue weighted by Gasteiger charge is -2.60. The van der Waals surface area contributed by atoms with Gasteiger partial charge in [0.15, 0.2) is 0 Å². The maximum Gasteiger partial charge on any atom is 0.226 e. The van der Waals surface area contributed by atoms with E-state index in [0.717, 1.165) is 58.2 Å². The van der Waals surface area contributed by atoms with Crippen LogP contribution in [0.4, 0.5) is 0 Å². The van der Waals surface area contributed by atoms with Crippen molar-refractivity contribution in [1.82, 2.24) is 4.90 Å². The number of fused-ring (bicyclic) bond motifs is 1. The number of quaternary nitrogens is 1. The Morgan fingerprint density at radius 2 is 1.95 bits per heavy atom. The van der Waals surface area contributed by atoms with Gasteiger partial charge in [-0.2, -0.15) is 0 Å². The minimum absolute atomic E-state index is 0.0194. The molecule has 3 atom stereocenters. The summed E-state index contributed by atoms with van der Waals surface area (Å²) in [4.78, 5) is 14.2. The summed E-state index contributed by atoms with van der Waals surface area (Å²) < 4.78 is 0.0194. The van der Waals surface area contributed by atoms with Crippen LogP contribution in [0.5, 0.6) is 0 Å². The molecule has 0 saturated carbocycles. The van der Waals surface area contributed by atoms with Crippen LogP contribution in [0.3, 0.4) is 0 Å². The van der Waals surface area contributed by atoms with E-state index in [9.17, 15) is 10.0 Å². The van der Waals surface area contributed by atoms with Crippen LogP contribution >= 0.6 is 0 Å². The zero-order valence-electron chi connectivity index (χ0n) is 11.4. The number of hydroxylamine groups is 3. The molecule has 4 aliphatic heterocycles. The van der Waals surface area contributed by atoms with Gasteiger partial charge in [-0.05, 0) is 32.1 Å². The smallest absolute Gasteiger partial charge is 0.226 e. The summed E-state index contributed by atoms with van der Waals surface area (Å²) in [6.07, 6.45) is 6.93. The van der Waals surface area contributed by atoms with Crippen molar-refractivity contribution in [2.75, 3.05) is 19.6 Å². The molecule has 19 heavy (non-hydrogen) atoms. The first-order valence-electron chi connectivity index (χ1n) is 7.79. The van der Waals surface area contributed by atoms with Crippen LogP contribution in [0.1, 0.15) is 44.9 Å². The lowest BCUT2D eigenvalue weighted by Crippen LogP contribution is -2.64. The van der Waals surface area contributed by atoms with Crippen LogP contribution in [0, 0.1) is 11.1 Å². The van der Waals surface area contributed by atoms with Crippen molar-refractivity contribution in [3.05, 3.63) is 16.5 Å². The third-order valence-corrected chi connectivity index (χ3v) is 5.62. The van der Waals surface area contributed by atoms with E-state index in [2.05, 4.69) is 0 Å². The molecule has 0 spiro atoms. The second kappa shape index (κ2) is 4.06. The molecule has 104 valence electrons. The number of carbonyl (C=O) groups is 1. The summed E-state index contributed by atoms with van der Waals surface area (Å²) in [5.74, 6) is 0.722. The normalized spacial score (nSPS) is 41.9. The van der Waals surface area contributed by atoms with Gasteiger partial charge < -0.3 is 14.8 Å². The largest absolute Gasteiger partial charge is 0.632 e. The highest BCUT2D eigenvalue weighted by Crippen LogP contribution is 2.46. The molecular weight excluding hydrogens is 240 g/mol. The van der Waals surface area contributed by atoms with Crippen molar-refractivity contribution in [2.24, 2.45) is 5.92 Å². The first kappa shape index (κ1) is 11.9. The average Bonchev–Trinajstić information content (AvgIpc) is 2.40. The Labute approximate surface area is 114 Å². The Kier molecular flexibility index (Phi) is 2.55. The van der Waals surface area contributed by atoms with Gasteiger partial charge in [0.1, 0.15) is 6.04 Å².